The van der Waals surface area contributed by atoms with Gasteiger partial charge in [0, 0.05) is 30.8 Å². The Labute approximate surface area is 173 Å². The van der Waals surface area contributed by atoms with E-state index >= 15 is 0 Å². The van der Waals surface area contributed by atoms with Crippen LogP contribution in [0.15, 0.2) is 34.0 Å². The van der Waals surface area contributed by atoms with E-state index in [-0.39, 0.29) is 16.9 Å². The van der Waals surface area contributed by atoms with Crippen LogP contribution in [0.2, 0.25) is 0 Å². The maximum absolute atomic E-state index is 12.8. The minimum atomic E-state index is -1.30. The number of pyridine rings is 2. The van der Waals surface area contributed by atoms with Gasteiger partial charge in [0.05, 0.1) is 17.5 Å². The fourth-order valence-corrected chi connectivity index (χ4v) is 4.10. The number of fused-ring (bicyclic) bond motifs is 1. The van der Waals surface area contributed by atoms with Gasteiger partial charge in [-0.25, -0.2) is 19.7 Å². The van der Waals surface area contributed by atoms with Crippen LogP contribution < -0.4 is 10.3 Å². The van der Waals surface area contributed by atoms with Gasteiger partial charge in [-0.05, 0) is 25.5 Å². The second-order valence-corrected chi connectivity index (χ2v) is 7.94. The summed E-state index contributed by atoms with van der Waals surface area (Å²) in [6.07, 6.45) is 4.34. The van der Waals surface area contributed by atoms with E-state index in [0.717, 1.165) is 17.3 Å². The molecule has 0 unspecified atom stereocenters. The van der Waals surface area contributed by atoms with Gasteiger partial charge in [-0.3, -0.25) is 9.36 Å². The molecule has 4 aromatic rings. The molecule has 0 bridgehead atoms. The molecule has 0 amide bonds. The SMILES string of the molecule is Cc1cnc(C2CN(c3cc(C)c4c(=O)c(C(=O)O)cn(-c5ncns5)c4n3)C2)o1. The lowest BCUT2D eigenvalue weighted by Crippen LogP contribution is -2.45. The summed E-state index contributed by atoms with van der Waals surface area (Å²) in [5.74, 6) is 1.06. The zero-order valence-corrected chi connectivity index (χ0v) is 16.9. The zero-order valence-electron chi connectivity index (χ0n) is 16.1. The van der Waals surface area contributed by atoms with E-state index in [1.165, 1.54) is 17.1 Å². The van der Waals surface area contributed by atoms with Crippen molar-refractivity contribution in [1.29, 1.82) is 0 Å². The van der Waals surface area contributed by atoms with Gasteiger partial charge in [0.1, 0.15) is 23.5 Å². The van der Waals surface area contributed by atoms with Crippen molar-refractivity contribution in [2.24, 2.45) is 0 Å². The van der Waals surface area contributed by atoms with Crippen molar-refractivity contribution in [3.8, 4) is 5.13 Å². The number of anilines is 1. The molecule has 0 saturated carbocycles. The molecule has 1 aliphatic rings. The minimum absolute atomic E-state index is 0.177. The molecule has 152 valence electrons. The molecule has 11 heteroatoms. The predicted octanol–water partition coefficient (Wildman–Crippen LogP) is 2.14. The second kappa shape index (κ2) is 6.73. The number of carboxylic acids is 1. The number of aromatic nitrogens is 5. The van der Waals surface area contributed by atoms with E-state index < -0.39 is 11.4 Å². The van der Waals surface area contributed by atoms with Gasteiger partial charge in [-0.1, -0.05) is 0 Å². The summed E-state index contributed by atoms with van der Waals surface area (Å²) in [5.41, 5.74) is 0.106. The first kappa shape index (κ1) is 18.4. The quantitative estimate of drug-likeness (QED) is 0.524. The van der Waals surface area contributed by atoms with Crippen molar-refractivity contribution >= 4 is 34.4 Å². The van der Waals surface area contributed by atoms with Gasteiger partial charge in [0.15, 0.2) is 5.65 Å². The molecule has 0 radical (unpaired) electrons. The number of rotatable bonds is 4. The van der Waals surface area contributed by atoms with Crippen molar-refractivity contribution in [3.05, 3.63) is 57.8 Å². The average Bonchev–Trinajstić information content (AvgIpc) is 3.32. The first-order valence-electron chi connectivity index (χ1n) is 9.17. The predicted molar refractivity (Wildman–Crippen MR) is 109 cm³/mol. The number of hydrogen-bond donors (Lipinski definition) is 1. The van der Waals surface area contributed by atoms with Crippen molar-refractivity contribution < 1.29 is 14.3 Å². The Morgan fingerprint density at radius 3 is 2.73 bits per heavy atom. The maximum Gasteiger partial charge on any atom is 0.341 e. The van der Waals surface area contributed by atoms with Crippen LogP contribution in [0, 0.1) is 13.8 Å². The van der Waals surface area contributed by atoms with Crippen LogP contribution in [0.5, 0.6) is 0 Å². The van der Waals surface area contributed by atoms with E-state index in [0.29, 0.717) is 41.1 Å². The molecular formula is C19H16N6O4S. The third-order valence-electron chi connectivity index (χ3n) is 5.12. The van der Waals surface area contributed by atoms with E-state index in [1.807, 2.05) is 6.92 Å². The molecule has 30 heavy (non-hydrogen) atoms. The molecule has 0 atom stereocenters. The van der Waals surface area contributed by atoms with Gasteiger partial charge in [-0.15, -0.1) is 0 Å². The van der Waals surface area contributed by atoms with E-state index in [1.54, 1.807) is 19.2 Å². The lowest BCUT2D eigenvalue weighted by Gasteiger charge is -2.38. The van der Waals surface area contributed by atoms with Crippen molar-refractivity contribution in [2.45, 2.75) is 19.8 Å². The molecule has 4 aromatic heterocycles. The van der Waals surface area contributed by atoms with E-state index in [9.17, 15) is 14.7 Å². The number of aryl methyl sites for hydroxylation is 2. The van der Waals surface area contributed by atoms with Crippen molar-refractivity contribution in [3.63, 3.8) is 0 Å². The molecule has 0 spiro atoms. The summed E-state index contributed by atoms with van der Waals surface area (Å²) in [6, 6.07) is 1.80. The normalized spacial score (nSPS) is 14.3. The lowest BCUT2D eigenvalue weighted by atomic mass is 9.99. The van der Waals surface area contributed by atoms with Crippen molar-refractivity contribution in [2.75, 3.05) is 18.0 Å². The van der Waals surface area contributed by atoms with Gasteiger partial charge >= 0.3 is 5.97 Å². The van der Waals surface area contributed by atoms with Crippen LogP contribution in [-0.4, -0.2) is 48.1 Å². The molecule has 1 aliphatic heterocycles. The molecule has 0 aromatic carbocycles. The number of aromatic carboxylic acids is 1. The largest absolute Gasteiger partial charge is 0.477 e. The molecule has 5 rings (SSSR count). The van der Waals surface area contributed by atoms with Crippen LogP contribution in [0.25, 0.3) is 16.2 Å². The van der Waals surface area contributed by atoms with Crippen LogP contribution >= 0.6 is 11.5 Å². The highest BCUT2D eigenvalue weighted by Gasteiger charge is 2.33. The summed E-state index contributed by atoms with van der Waals surface area (Å²) in [4.78, 5) is 39.6. The molecule has 1 saturated heterocycles. The summed E-state index contributed by atoms with van der Waals surface area (Å²) in [6.45, 7) is 5.02. The van der Waals surface area contributed by atoms with Crippen LogP contribution in [-0.2, 0) is 0 Å². The van der Waals surface area contributed by atoms with Crippen LogP contribution in [0.3, 0.4) is 0 Å². The summed E-state index contributed by atoms with van der Waals surface area (Å²) < 4.78 is 11.1. The Kier molecular flexibility index (Phi) is 4.13. The summed E-state index contributed by atoms with van der Waals surface area (Å²) in [5, 5.41) is 10.2. The van der Waals surface area contributed by atoms with Gasteiger partial charge in [0.2, 0.25) is 16.5 Å². The molecule has 5 heterocycles. The van der Waals surface area contributed by atoms with Crippen molar-refractivity contribution in [1.82, 2.24) is 23.9 Å². The Bertz CT molecular complexity index is 1340. The zero-order chi connectivity index (χ0) is 21.0. The average molecular weight is 424 g/mol. The third kappa shape index (κ3) is 2.86. The highest BCUT2D eigenvalue weighted by molar-refractivity contribution is 7.08. The molecule has 10 nitrogen and oxygen atoms in total. The summed E-state index contributed by atoms with van der Waals surface area (Å²) >= 11 is 1.09. The topological polar surface area (TPSA) is 127 Å². The highest BCUT2D eigenvalue weighted by Crippen LogP contribution is 2.32. The van der Waals surface area contributed by atoms with E-state index in [4.69, 9.17) is 9.40 Å². The van der Waals surface area contributed by atoms with Crippen LogP contribution in [0.1, 0.15) is 33.5 Å². The monoisotopic (exact) mass is 424 g/mol. The summed E-state index contributed by atoms with van der Waals surface area (Å²) in [7, 11) is 0. The molecule has 0 aliphatic carbocycles. The number of carbonyl (C=O) groups is 1. The Balaban J connectivity index is 1.61. The van der Waals surface area contributed by atoms with Gasteiger partial charge in [0.25, 0.3) is 0 Å². The molecule has 1 fully saturated rings. The van der Waals surface area contributed by atoms with Gasteiger partial charge in [-0.2, -0.15) is 4.37 Å². The Morgan fingerprint density at radius 2 is 2.10 bits per heavy atom. The minimum Gasteiger partial charge on any atom is -0.477 e. The van der Waals surface area contributed by atoms with Gasteiger partial charge < -0.3 is 14.4 Å². The lowest BCUT2D eigenvalue weighted by molar-refractivity contribution is 0.0695. The number of oxazole rings is 1. The number of carboxylic acid groups (broad SMARTS) is 1. The molecule has 1 N–H and O–H groups in total. The van der Waals surface area contributed by atoms with Crippen LogP contribution in [0.4, 0.5) is 5.82 Å². The number of nitrogens with zero attached hydrogens (tertiary/aromatic N) is 6. The smallest absolute Gasteiger partial charge is 0.341 e. The standard InChI is InChI=1S/C19H16N6O4S/c1-9-3-13(24-5-11(6-24)17-20-4-10(2)29-17)23-16-14(9)15(26)12(18(27)28)7-25(16)19-21-8-22-30-19/h3-4,7-8,11H,5-6H2,1-2H3,(H,27,28). The van der Waals surface area contributed by atoms with E-state index in [2.05, 4.69) is 19.2 Å². The Morgan fingerprint density at radius 1 is 1.30 bits per heavy atom. The Hall–Kier alpha value is -3.60. The fraction of sp³-hybridized carbons (Fsp3) is 0.263. The number of hydrogen-bond acceptors (Lipinski definition) is 9. The third-order valence-corrected chi connectivity index (χ3v) is 5.79. The first-order valence-corrected chi connectivity index (χ1v) is 9.94. The maximum atomic E-state index is 12.8. The fourth-order valence-electron chi connectivity index (χ4n) is 3.59. The highest BCUT2D eigenvalue weighted by atomic mass is 32.1. The second-order valence-electron chi connectivity index (χ2n) is 7.18. The molecular weight excluding hydrogens is 408 g/mol. The first-order chi connectivity index (χ1) is 14.4.